The van der Waals surface area contributed by atoms with E-state index >= 15 is 0 Å². The molecule has 1 heterocycles. The van der Waals surface area contributed by atoms with Crippen LogP contribution in [0.15, 0.2) is 97.1 Å². The fourth-order valence-electron chi connectivity index (χ4n) is 7.10. The number of hydrogen-bond donors (Lipinski definition) is 0. The molecule has 2 heteroatoms. The van der Waals surface area contributed by atoms with Gasteiger partial charge in [0.1, 0.15) is 6.54 Å². The van der Waals surface area contributed by atoms with Crippen molar-refractivity contribution >= 4 is 39.8 Å². The zero-order valence-corrected chi connectivity index (χ0v) is 23.8. The van der Waals surface area contributed by atoms with Gasteiger partial charge < -0.3 is 0 Å². The van der Waals surface area contributed by atoms with Gasteiger partial charge in [0.05, 0.1) is 5.41 Å². The lowest BCUT2D eigenvalue weighted by Crippen LogP contribution is -2.34. The van der Waals surface area contributed by atoms with Crippen LogP contribution >= 0.6 is 11.6 Å². The smallest absolute Gasteiger partial charge is 0.195 e. The van der Waals surface area contributed by atoms with E-state index in [-0.39, 0.29) is 5.41 Å². The summed E-state index contributed by atoms with van der Waals surface area (Å²) in [5.41, 5.74) is 6.46. The van der Waals surface area contributed by atoms with Crippen molar-refractivity contribution in [2.75, 3.05) is 6.54 Å². The van der Waals surface area contributed by atoms with Crippen LogP contribution in [0.25, 0.3) is 16.8 Å². The van der Waals surface area contributed by atoms with E-state index in [9.17, 15) is 0 Å². The van der Waals surface area contributed by atoms with E-state index in [1.807, 2.05) is 12.1 Å². The lowest BCUT2D eigenvalue weighted by molar-refractivity contribution is -0.438. The maximum absolute atomic E-state index is 6.60. The minimum Gasteiger partial charge on any atom is -0.195 e. The Kier molecular flexibility index (Phi) is 7.71. The Morgan fingerprint density at radius 1 is 0.821 bits per heavy atom. The molecule has 1 unspecified atom stereocenters. The van der Waals surface area contributed by atoms with Gasteiger partial charge in [0.15, 0.2) is 5.71 Å². The zero-order valence-electron chi connectivity index (χ0n) is 23.1. The second-order valence-corrected chi connectivity index (χ2v) is 12.1. The third-order valence-electron chi connectivity index (χ3n) is 9.05. The summed E-state index contributed by atoms with van der Waals surface area (Å²) in [6.07, 6.45) is 15.2. The van der Waals surface area contributed by atoms with E-state index in [1.165, 1.54) is 78.2 Å². The first-order valence-electron chi connectivity index (χ1n) is 14.8. The minimum absolute atomic E-state index is 0.166. The molecule has 4 aromatic rings. The van der Waals surface area contributed by atoms with Crippen LogP contribution in [0, 0.1) is 5.92 Å². The number of benzene rings is 4. The van der Waals surface area contributed by atoms with Crippen LogP contribution in [0.1, 0.15) is 68.6 Å². The molecule has 39 heavy (non-hydrogen) atoms. The average molecular weight is 533 g/mol. The maximum atomic E-state index is 6.60. The Balaban J connectivity index is 1.45. The maximum Gasteiger partial charge on any atom is 0.210 e. The first-order valence-corrected chi connectivity index (χ1v) is 15.1. The summed E-state index contributed by atoms with van der Waals surface area (Å²) in [5, 5.41) is 3.47. The van der Waals surface area contributed by atoms with Crippen LogP contribution in [0.4, 0.5) is 5.69 Å². The van der Waals surface area contributed by atoms with E-state index in [0.717, 1.165) is 29.5 Å². The Labute approximate surface area is 238 Å². The molecular weight excluding hydrogens is 494 g/mol. The highest BCUT2D eigenvalue weighted by Gasteiger charge is 2.48. The van der Waals surface area contributed by atoms with Crippen LogP contribution in [0.2, 0.25) is 5.02 Å². The molecule has 0 N–H and O–H groups in total. The van der Waals surface area contributed by atoms with Crippen LogP contribution in [0.5, 0.6) is 0 Å². The fraction of sp³-hybridized carbons (Fsp3) is 0.324. The molecule has 4 aromatic carbocycles. The van der Waals surface area contributed by atoms with Gasteiger partial charge in [-0.1, -0.05) is 117 Å². The minimum atomic E-state index is -0.166. The van der Waals surface area contributed by atoms with Crippen LogP contribution in [0.3, 0.4) is 0 Å². The molecule has 1 saturated carbocycles. The molecular formula is C37H39ClN+. The van der Waals surface area contributed by atoms with Crippen LogP contribution < -0.4 is 0 Å². The van der Waals surface area contributed by atoms with Gasteiger partial charge >= 0.3 is 0 Å². The third-order valence-corrected chi connectivity index (χ3v) is 9.40. The lowest BCUT2D eigenvalue weighted by atomic mass is 9.73. The molecule has 1 nitrogen and oxygen atoms in total. The quantitative estimate of drug-likeness (QED) is 0.149. The van der Waals surface area contributed by atoms with E-state index in [4.69, 9.17) is 11.6 Å². The molecule has 1 fully saturated rings. The molecule has 1 aliphatic heterocycles. The molecule has 0 saturated heterocycles. The molecule has 0 bridgehead atoms. The average Bonchev–Trinajstić information content (AvgIpc) is 3.56. The van der Waals surface area contributed by atoms with Gasteiger partial charge in [0, 0.05) is 29.1 Å². The highest BCUT2D eigenvalue weighted by molar-refractivity contribution is 6.32. The molecule has 1 aliphatic carbocycles. The van der Waals surface area contributed by atoms with Crippen molar-refractivity contribution in [2.24, 2.45) is 5.92 Å². The molecule has 0 aromatic heterocycles. The van der Waals surface area contributed by atoms with Gasteiger partial charge in [0.2, 0.25) is 5.69 Å². The van der Waals surface area contributed by atoms with Crippen molar-refractivity contribution < 1.29 is 4.58 Å². The van der Waals surface area contributed by atoms with Crippen LogP contribution in [-0.2, 0) is 11.8 Å². The summed E-state index contributed by atoms with van der Waals surface area (Å²) in [5.74, 6) is 0.951. The van der Waals surface area contributed by atoms with Crippen molar-refractivity contribution in [1.82, 2.24) is 0 Å². The highest BCUT2D eigenvalue weighted by atomic mass is 35.5. The van der Waals surface area contributed by atoms with Gasteiger partial charge in [-0.25, -0.2) is 0 Å². The zero-order chi connectivity index (χ0) is 26.7. The monoisotopic (exact) mass is 532 g/mol. The van der Waals surface area contributed by atoms with Crippen molar-refractivity contribution in [2.45, 2.75) is 63.7 Å². The summed E-state index contributed by atoms with van der Waals surface area (Å²) in [6, 6.07) is 32.7. The topological polar surface area (TPSA) is 3.01 Å². The summed E-state index contributed by atoms with van der Waals surface area (Å²) in [6.45, 7) is 3.50. The van der Waals surface area contributed by atoms with Gasteiger partial charge in [-0.05, 0) is 65.8 Å². The second-order valence-electron chi connectivity index (χ2n) is 11.7. The number of halogens is 1. The number of allylic oxidation sites excluding steroid dienone is 1. The standard InChI is InChI=1S/C37H39ClN/c1-37(27-29-16-3-2-4-17-29)35(25-23-31-19-8-10-21-33(31)38)39(26-12-11-15-28-13-5-6-14-28)34-24-22-30-18-7-9-20-32(30)36(34)37/h2-4,7-10,16-25,28H,5-6,11-15,26-27H2,1H3/q+1/b25-23+. The summed E-state index contributed by atoms with van der Waals surface area (Å²) in [7, 11) is 0. The van der Waals surface area contributed by atoms with Crippen molar-refractivity contribution in [3.63, 3.8) is 0 Å². The van der Waals surface area contributed by atoms with E-state index in [1.54, 1.807) is 0 Å². The summed E-state index contributed by atoms with van der Waals surface area (Å²) >= 11 is 6.60. The molecule has 0 radical (unpaired) electrons. The number of hydrogen-bond acceptors (Lipinski definition) is 0. The molecule has 6 rings (SSSR count). The van der Waals surface area contributed by atoms with Gasteiger partial charge in [-0.2, -0.15) is 4.58 Å². The van der Waals surface area contributed by atoms with Gasteiger partial charge in [-0.15, -0.1) is 0 Å². The Bertz CT molecular complexity index is 1510. The number of nitrogens with zero attached hydrogens (tertiary/aromatic N) is 1. The highest BCUT2D eigenvalue weighted by Crippen LogP contribution is 2.46. The van der Waals surface area contributed by atoms with E-state index < -0.39 is 0 Å². The SMILES string of the molecule is CC1(Cc2ccccc2)C(/C=C/c2ccccc2Cl)=[N+](CCCCC2CCCC2)c2ccc3ccccc3c21. The number of unbranched alkanes of at least 4 members (excludes halogenated alkanes) is 1. The molecule has 1 atom stereocenters. The van der Waals surface area contributed by atoms with Gasteiger partial charge in [0.25, 0.3) is 0 Å². The predicted octanol–water partition coefficient (Wildman–Crippen LogP) is 10.2. The Morgan fingerprint density at radius 2 is 1.56 bits per heavy atom. The third kappa shape index (κ3) is 5.35. The summed E-state index contributed by atoms with van der Waals surface area (Å²) < 4.78 is 2.63. The number of rotatable bonds is 9. The predicted molar refractivity (Wildman–Crippen MR) is 168 cm³/mol. The number of fused-ring (bicyclic) bond motifs is 3. The normalized spacial score (nSPS) is 19.4. The molecule has 2 aliphatic rings. The molecule has 0 spiro atoms. The van der Waals surface area contributed by atoms with Crippen molar-refractivity contribution in [3.05, 3.63) is 119 Å². The van der Waals surface area contributed by atoms with Crippen molar-refractivity contribution in [3.8, 4) is 0 Å². The van der Waals surface area contributed by atoms with Crippen LogP contribution in [-0.4, -0.2) is 16.8 Å². The first kappa shape index (κ1) is 26.1. The largest absolute Gasteiger partial charge is 0.210 e. The fourth-order valence-corrected chi connectivity index (χ4v) is 7.30. The van der Waals surface area contributed by atoms with Crippen molar-refractivity contribution in [1.29, 1.82) is 0 Å². The van der Waals surface area contributed by atoms with E-state index in [0.29, 0.717) is 0 Å². The second kappa shape index (κ2) is 11.5. The lowest BCUT2D eigenvalue weighted by Gasteiger charge is -2.24. The Hall–Kier alpha value is -3.16. The van der Waals surface area contributed by atoms with E-state index in [2.05, 4.69) is 103 Å². The van der Waals surface area contributed by atoms with Gasteiger partial charge in [-0.3, -0.25) is 0 Å². The summed E-state index contributed by atoms with van der Waals surface area (Å²) in [4.78, 5) is 0. The molecule has 198 valence electrons. The first-order chi connectivity index (χ1) is 19.1. The Morgan fingerprint density at radius 3 is 2.38 bits per heavy atom. The molecule has 0 amide bonds.